The van der Waals surface area contributed by atoms with Crippen molar-refractivity contribution in [2.45, 2.75) is 25.8 Å². The first-order chi connectivity index (χ1) is 10.8. The minimum absolute atomic E-state index is 0.129. The SMILES string of the molecule is COC(=O)C12CC(Cn3c(=O)c4c(ncn4C)n(C)c3=O)(C1)C2. The summed E-state index contributed by atoms with van der Waals surface area (Å²) in [5.41, 5.74) is -0.377. The number of fused-ring (bicyclic) bond motifs is 1. The van der Waals surface area contributed by atoms with Gasteiger partial charge in [-0.25, -0.2) is 9.78 Å². The third-order valence-corrected chi connectivity index (χ3v) is 5.45. The number of hydrogen-bond acceptors (Lipinski definition) is 5. The van der Waals surface area contributed by atoms with Gasteiger partial charge < -0.3 is 9.30 Å². The molecule has 0 saturated heterocycles. The smallest absolute Gasteiger partial charge is 0.332 e. The summed E-state index contributed by atoms with van der Waals surface area (Å²) in [5, 5.41) is 0. The number of esters is 1. The Kier molecular flexibility index (Phi) is 2.55. The number of methoxy groups -OCH3 is 1. The van der Waals surface area contributed by atoms with E-state index < -0.39 is 0 Å². The first kappa shape index (κ1) is 14.2. The van der Waals surface area contributed by atoms with Crippen LogP contribution in [0, 0.1) is 10.8 Å². The maximum Gasteiger partial charge on any atom is 0.332 e. The van der Waals surface area contributed by atoms with Gasteiger partial charge in [0.2, 0.25) is 0 Å². The summed E-state index contributed by atoms with van der Waals surface area (Å²) < 4.78 is 9.15. The molecule has 3 saturated carbocycles. The molecule has 0 unspecified atom stereocenters. The van der Waals surface area contributed by atoms with Gasteiger partial charge in [0.05, 0.1) is 18.9 Å². The van der Waals surface area contributed by atoms with Crippen LogP contribution in [0.4, 0.5) is 0 Å². The average molecular weight is 318 g/mol. The molecule has 5 rings (SSSR count). The standard InChI is InChI=1S/C15H18N4O4/c1-17-8-16-10-9(17)11(20)19(13(22)18(10)2)7-14-4-15(5-14,6-14)12(21)23-3/h8H,4-7H2,1-3H3. The topological polar surface area (TPSA) is 88.1 Å². The molecule has 3 fully saturated rings. The molecule has 3 aliphatic carbocycles. The van der Waals surface area contributed by atoms with Gasteiger partial charge in [0.1, 0.15) is 0 Å². The average Bonchev–Trinajstić information content (AvgIpc) is 2.83. The lowest BCUT2D eigenvalue weighted by atomic mass is 9.35. The summed E-state index contributed by atoms with van der Waals surface area (Å²) in [6.07, 6.45) is 3.59. The van der Waals surface area contributed by atoms with Crippen molar-refractivity contribution >= 4 is 17.1 Å². The van der Waals surface area contributed by atoms with Crippen molar-refractivity contribution < 1.29 is 9.53 Å². The third kappa shape index (κ3) is 1.60. The van der Waals surface area contributed by atoms with Crippen LogP contribution in [0.25, 0.3) is 11.2 Å². The van der Waals surface area contributed by atoms with Crippen molar-refractivity contribution in [3.8, 4) is 0 Å². The summed E-state index contributed by atoms with van der Waals surface area (Å²) in [7, 11) is 4.75. The van der Waals surface area contributed by atoms with Gasteiger partial charge in [-0.15, -0.1) is 0 Å². The molecule has 8 nitrogen and oxygen atoms in total. The fourth-order valence-corrected chi connectivity index (χ4v) is 4.47. The number of rotatable bonds is 3. The molecule has 0 spiro atoms. The van der Waals surface area contributed by atoms with E-state index in [0.717, 1.165) is 0 Å². The third-order valence-electron chi connectivity index (χ3n) is 5.45. The monoisotopic (exact) mass is 318 g/mol. The van der Waals surface area contributed by atoms with E-state index >= 15 is 0 Å². The number of carbonyl (C=O) groups excluding carboxylic acids is 1. The van der Waals surface area contributed by atoms with Crippen LogP contribution in [0.1, 0.15) is 19.3 Å². The number of hydrogen-bond donors (Lipinski definition) is 0. The van der Waals surface area contributed by atoms with Crippen LogP contribution >= 0.6 is 0 Å². The Balaban J connectivity index is 1.73. The fourth-order valence-electron chi connectivity index (χ4n) is 4.47. The van der Waals surface area contributed by atoms with Crippen LogP contribution in [0.3, 0.4) is 0 Å². The molecule has 2 aromatic heterocycles. The van der Waals surface area contributed by atoms with E-state index in [4.69, 9.17) is 4.74 Å². The molecule has 0 aliphatic heterocycles. The van der Waals surface area contributed by atoms with Crippen molar-refractivity contribution in [3.05, 3.63) is 27.2 Å². The van der Waals surface area contributed by atoms with Crippen molar-refractivity contribution in [1.82, 2.24) is 18.7 Å². The van der Waals surface area contributed by atoms with Crippen molar-refractivity contribution in [3.63, 3.8) is 0 Å². The number of aromatic nitrogens is 4. The molecule has 0 amide bonds. The lowest BCUT2D eigenvalue weighted by Gasteiger charge is -2.68. The fraction of sp³-hybridized carbons (Fsp3) is 0.600. The van der Waals surface area contributed by atoms with E-state index in [1.807, 2.05) is 0 Å². The minimum atomic E-state index is -0.375. The lowest BCUT2D eigenvalue weighted by molar-refractivity contribution is -0.230. The molecule has 0 radical (unpaired) electrons. The highest BCUT2D eigenvalue weighted by Gasteiger charge is 2.72. The molecule has 3 aliphatic rings. The predicted molar refractivity (Wildman–Crippen MR) is 80.9 cm³/mol. The Labute approximate surface area is 131 Å². The quantitative estimate of drug-likeness (QED) is 0.730. The normalized spacial score (nSPS) is 28.3. The van der Waals surface area contributed by atoms with Crippen molar-refractivity contribution in [2.75, 3.05) is 7.11 Å². The van der Waals surface area contributed by atoms with Crippen LogP contribution in [-0.2, 0) is 30.2 Å². The Bertz CT molecular complexity index is 944. The summed E-state index contributed by atoms with van der Waals surface area (Å²) >= 11 is 0. The zero-order chi connectivity index (χ0) is 16.6. The van der Waals surface area contributed by atoms with Gasteiger partial charge in [0.15, 0.2) is 11.2 Å². The Morgan fingerprint density at radius 2 is 1.96 bits per heavy atom. The van der Waals surface area contributed by atoms with E-state index in [0.29, 0.717) is 37.0 Å². The van der Waals surface area contributed by atoms with Crippen LogP contribution in [0.15, 0.2) is 15.9 Å². The van der Waals surface area contributed by atoms with Gasteiger partial charge in [0.25, 0.3) is 5.56 Å². The van der Waals surface area contributed by atoms with Gasteiger partial charge >= 0.3 is 11.7 Å². The molecule has 23 heavy (non-hydrogen) atoms. The molecular formula is C15H18N4O4. The molecule has 122 valence electrons. The first-order valence-corrected chi connectivity index (χ1v) is 7.52. The molecular weight excluding hydrogens is 300 g/mol. The van der Waals surface area contributed by atoms with Gasteiger partial charge in [-0.05, 0) is 24.7 Å². The van der Waals surface area contributed by atoms with Crippen LogP contribution in [-0.4, -0.2) is 31.8 Å². The van der Waals surface area contributed by atoms with Crippen LogP contribution < -0.4 is 11.2 Å². The summed E-state index contributed by atoms with van der Waals surface area (Å²) in [6.45, 7) is 0.346. The van der Waals surface area contributed by atoms with Crippen molar-refractivity contribution in [1.29, 1.82) is 0 Å². The van der Waals surface area contributed by atoms with Gasteiger partial charge in [-0.1, -0.05) is 0 Å². The Morgan fingerprint density at radius 1 is 1.30 bits per heavy atom. The number of ether oxygens (including phenoxy) is 1. The molecule has 2 aromatic rings. The number of carbonyl (C=O) groups is 1. The summed E-state index contributed by atoms with van der Waals surface area (Å²) in [4.78, 5) is 41.1. The Morgan fingerprint density at radius 3 is 2.57 bits per heavy atom. The zero-order valence-electron chi connectivity index (χ0n) is 13.3. The van der Waals surface area contributed by atoms with E-state index in [9.17, 15) is 14.4 Å². The molecule has 2 bridgehead atoms. The molecule has 2 heterocycles. The highest BCUT2D eigenvalue weighted by Crippen LogP contribution is 2.74. The van der Waals surface area contributed by atoms with E-state index in [1.165, 1.54) is 22.6 Å². The first-order valence-electron chi connectivity index (χ1n) is 7.52. The van der Waals surface area contributed by atoms with E-state index in [-0.39, 0.29) is 28.0 Å². The highest BCUT2D eigenvalue weighted by molar-refractivity contribution is 5.81. The molecule has 0 N–H and O–H groups in total. The number of nitrogens with zero attached hydrogens (tertiary/aromatic N) is 4. The van der Waals surface area contributed by atoms with E-state index in [2.05, 4.69) is 4.98 Å². The second-order valence-electron chi connectivity index (χ2n) is 7.06. The summed E-state index contributed by atoms with van der Waals surface area (Å²) in [6, 6.07) is 0. The van der Waals surface area contributed by atoms with Crippen LogP contribution in [0.5, 0.6) is 0 Å². The van der Waals surface area contributed by atoms with E-state index in [1.54, 1.807) is 18.7 Å². The largest absolute Gasteiger partial charge is 0.469 e. The zero-order valence-corrected chi connectivity index (χ0v) is 13.3. The minimum Gasteiger partial charge on any atom is -0.469 e. The van der Waals surface area contributed by atoms with Gasteiger partial charge in [-0.2, -0.15) is 0 Å². The van der Waals surface area contributed by atoms with Crippen LogP contribution in [0.2, 0.25) is 0 Å². The Hall–Kier alpha value is -2.38. The molecule has 0 aromatic carbocycles. The molecule has 0 atom stereocenters. The lowest BCUT2D eigenvalue weighted by Crippen LogP contribution is -2.68. The maximum absolute atomic E-state index is 12.7. The van der Waals surface area contributed by atoms with Gasteiger partial charge in [0, 0.05) is 20.6 Å². The summed E-state index contributed by atoms with van der Waals surface area (Å²) in [5.74, 6) is -0.179. The maximum atomic E-state index is 12.7. The second-order valence-corrected chi connectivity index (χ2v) is 7.06. The molecule has 8 heteroatoms. The van der Waals surface area contributed by atoms with Crippen molar-refractivity contribution in [2.24, 2.45) is 24.9 Å². The highest BCUT2D eigenvalue weighted by atomic mass is 16.5. The second kappa shape index (κ2) is 4.12. The van der Waals surface area contributed by atoms with Gasteiger partial charge in [-0.3, -0.25) is 18.7 Å². The number of aryl methyl sites for hydroxylation is 2. The predicted octanol–water partition coefficient (Wildman–Crippen LogP) is -0.223. The number of imidazole rings is 1.